The Morgan fingerprint density at radius 2 is 1.42 bits per heavy atom. The zero-order chi connectivity index (χ0) is 32.1. The molecule has 0 spiro atoms. The van der Waals surface area contributed by atoms with Gasteiger partial charge in [0.1, 0.15) is 11.6 Å². The lowest BCUT2D eigenvalue weighted by molar-refractivity contribution is 0.0683. The molecule has 0 bridgehead atoms. The van der Waals surface area contributed by atoms with Gasteiger partial charge >= 0.3 is 5.97 Å². The number of carboxylic acids is 1. The highest BCUT2D eigenvalue weighted by molar-refractivity contribution is 5.96. The Kier molecular flexibility index (Phi) is 7.28. The van der Waals surface area contributed by atoms with Gasteiger partial charge in [0.05, 0.1) is 28.0 Å². The van der Waals surface area contributed by atoms with Gasteiger partial charge in [-0.1, -0.05) is 108 Å². The molecule has 7 nitrogen and oxygen atoms in total. The Bertz CT molecular complexity index is 2070. The fourth-order valence-corrected chi connectivity index (χ4v) is 5.68. The van der Waals surface area contributed by atoms with Crippen LogP contribution in [-0.4, -0.2) is 35.7 Å². The molecule has 4 aromatic carbocycles. The quantitative estimate of drug-likeness (QED) is 0.206. The predicted molar refractivity (Wildman–Crippen MR) is 179 cm³/mol. The lowest BCUT2D eigenvalue weighted by Crippen LogP contribution is -2.17. The number of imidazole rings is 1. The number of para-hydroxylation sites is 2. The molecular formula is C38H36N4O3. The summed E-state index contributed by atoms with van der Waals surface area (Å²) in [6.45, 7) is 12.8. The van der Waals surface area contributed by atoms with Crippen molar-refractivity contribution >= 4 is 17.0 Å². The second kappa shape index (κ2) is 11.0. The number of aromatic hydroxyl groups is 1. The van der Waals surface area contributed by atoms with Crippen LogP contribution in [0.2, 0.25) is 0 Å². The van der Waals surface area contributed by atoms with Gasteiger partial charge in [0.2, 0.25) is 5.82 Å². The number of carbonyl (C=O) groups is 1. The maximum atomic E-state index is 12.0. The Hall–Kier alpha value is -5.30. The maximum absolute atomic E-state index is 12.0. The normalized spacial score (nSPS) is 12.0. The molecule has 0 aliphatic carbocycles. The fraction of sp³-hybridized carbons (Fsp3) is 0.211. The average molecular weight is 597 g/mol. The van der Waals surface area contributed by atoms with Crippen molar-refractivity contribution in [2.24, 2.45) is 0 Å². The zero-order valence-corrected chi connectivity index (χ0v) is 26.3. The predicted octanol–water partition coefficient (Wildman–Crippen LogP) is 8.82. The molecule has 0 saturated carbocycles. The molecule has 0 aliphatic heterocycles. The second-order valence-corrected chi connectivity index (χ2v) is 13.3. The third-order valence-corrected chi connectivity index (χ3v) is 8.06. The third kappa shape index (κ3) is 5.46. The topological polar surface area (TPSA) is 101 Å². The summed E-state index contributed by atoms with van der Waals surface area (Å²) in [5, 5.41) is 21.6. The van der Waals surface area contributed by atoms with Crippen molar-refractivity contribution in [1.82, 2.24) is 19.5 Å². The molecule has 7 heteroatoms. The summed E-state index contributed by atoms with van der Waals surface area (Å²) in [6.07, 6.45) is 1.45. The Morgan fingerprint density at radius 3 is 2.11 bits per heavy atom. The Balaban J connectivity index is 1.76. The summed E-state index contributed by atoms with van der Waals surface area (Å²) in [5.41, 5.74) is 7.47. The van der Waals surface area contributed by atoms with E-state index >= 15 is 0 Å². The molecule has 2 aromatic heterocycles. The minimum absolute atomic E-state index is 0.181. The number of aromatic carboxylic acids is 1. The second-order valence-electron chi connectivity index (χ2n) is 13.3. The Morgan fingerprint density at radius 1 is 0.733 bits per heavy atom. The number of nitrogens with zero attached hydrogens (tertiary/aromatic N) is 4. The molecule has 0 saturated heterocycles. The van der Waals surface area contributed by atoms with Gasteiger partial charge in [-0.05, 0) is 46.2 Å². The van der Waals surface area contributed by atoms with Gasteiger partial charge in [-0.2, -0.15) is 0 Å². The summed E-state index contributed by atoms with van der Waals surface area (Å²) in [7, 11) is 0. The van der Waals surface area contributed by atoms with Crippen LogP contribution in [0.15, 0.2) is 97.2 Å². The number of phenolic OH excluding ortho intramolecular Hbond substituents is 1. The van der Waals surface area contributed by atoms with Crippen LogP contribution in [0.25, 0.3) is 50.5 Å². The average Bonchev–Trinajstić information content (AvgIpc) is 3.40. The highest BCUT2D eigenvalue weighted by Crippen LogP contribution is 2.44. The minimum Gasteiger partial charge on any atom is -0.507 e. The first-order chi connectivity index (χ1) is 21.3. The van der Waals surface area contributed by atoms with E-state index in [0.717, 1.165) is 33.5 Å². The molecule has 0 radical (unpaired) electrons. The van der Waals surface area contributed by atoms with Gasteiger partial charge in [0.25, 0.3) is 0 Å². The largest absolute Gasteiger partial charge is 0.507 e. The molecule has 2 heterocycles. The van der Waals surface area contributed by atoms with E-state index in [-0.39, 0.29) is 22.4 Å². The number of carboxylic acid groups (broad SMARTS) is 1. The Labute approximate surface area is 262 Å². The smallest absolute Gasteiger partial charge is 0.373 e. The third-order valence-electron chi connectivity index (χ3n) is 8.06. The van der Waals surface area contributed by atoms with Crippen molar-refractivity contribution < 1.29 is 15.0 Å². The van der Waals surface area contributed by atoms with E-state index in [9.17, 15) is 15.0 Å². The van der Waals surface area contributed by atoms with Crippen molar-refractivity contribution in [3.63, 3.8) is 0 Å². The van der Waals surface area contributed by atoms with Gasteiger partial charge in [-0.25, -0.2) is 19.7 Å². The number of phenols is 1. The molecule has 2 N–H and O–H groups in total. The van der Waals surface area contributed by atoms with Crippen LogP contribution in [0, 0.1) is 0 Å². The molecule has 6 aromatic rings. The van der Waals surface area contributed by atoms with Crippen LogP contribution >= 0.6 is 0 Å². The molecule has 0 fully saturated rings. The van der Waals surface area contributed by atoms with Gasteiger partial charge in [-0.15, -0.1) is 0 Å². The first-order valence-electron chi connectivity index (χ1n) is 15.0. The highest BCUT2D eigenvalue weighted by atomic mass is 16.4. The summed E-state index contributed by atoms with van der Waals surface area (Å²) in [5.74, 6) is -0.738. The minimum atomic E-state index is -1.20. The molecule has 226 valence electrons. The lowest BCUT2D eigenvalue weighted by Gasteiger charge is -2.27. The van der Waals surface area contributed by atoms with Crippen LogP contribution in [0.1, 0.15) is 63.3 Å². The van der Waals surface area contributed by atoms with Crippen molar-refractivity contribution in [1.29, 1.82) is 0 Å². The standard InChI is InChI=1S/C38H36N4O3/c1-37(2,3)24-21-27(33(43)28(22-24)38(4,5)6)35-41-32-26(29-19-20-39-34(40-29)36(44)45)16-12-18-31(32)42(35)30-17-11-10-15-25(30)23-13-8-7-9-14-23/h7-22,43H,1-6H3,(H,44,45). The van der Waals surface area contributed by atoms with Crippen molar-refractivity contribution in [3.8, 4) is 45.2 Å². The van der Waals surface area contributed by atoms with Crippen LogP contribution in [0.3, 0.4) is 0 Å². The summed E-state index contributed by atoms with van der Waals surface area (Å²) >= 11 is 0. The van der Waals surface area contributed by atoms with Crippen molar-refractivity contribution in [2.75, 3.05) is 0 Å². The van der Waals surface area contributed by atoms with E-state index in [2.05, 4.69) is 86.4 Å². The summed E-state index contributed by atoms with van der Waals surface area (Å²) < 4.78 is 2.09. The molecular weight excluding hydrogens is 560 g/mol. The van der Waals surface area contributed by atoms with E-state index in [0.29, 0.717) is 28.2 Å². The number of hydrogen-bond donors (Lipinski definition) is 2. The molecule has 0 amide bonds. The van der Waals surface area contributed by atoms with Crippen LogP contribution < -0.4 is 0 Å². The SMILES string of the molecule is CC(C)(C)c1cc(-c2nc3c(-c4ccnc(C(=O)O)n4)cccc3n2-c2ccccc2-c2ccccc2)c(O)c(C(C)(C)C)c1. The monoisotopic (exact) mass is 596 g/mol. The first-order valence-corrected chi connectivity index (χ1v) is 15.0. The maximum Gasteiger partial charge on any atom is 0.373 e. The highest BCUT2D eigenvalue weighted by Gasteiger charge is 2.29. The van der Waals surface area contributed by atoms with Gasteiger partial charge in [-0.3, -0.25) is 4.57 Å². The van der Waals surface area contributed by atoms with Crippen LogP contribution in [-0.2, 0) is 10.8 Å². The number of rotatable bonds is 5. The van der Waals surface area contributed by atoms with E-state index in [4.69, 9.17) is 4.98 Å². The molecule has 0 atom stereocenters. The number of benzene rings is 4. The zero-order valence-electron chi connectivity index (χ0n) is 26.3. The molecule has 0 aliphatic rings. The van der Waals surface area contributed by atoms with E-state index in [1.807, 2.05) is 54.6 Å². The molecule has 45 heavy (non-hydrogen) atoms. The van der Waals surface area contributed by atoms with Gasteiger partial charge in [0, 0.05) is 22.9 Å². The number of fused-ring (bicyclic) bond motifs is 1. The first kappa shape index (κ1) is 29.8. The van der Waals surface area contributed by atoms with Gasteiger partial charge in [0.15, 0.2) is 0 Å². The molecule has 6 rings (SSSR count). The summed E-state index contributed by atoms with van der Waals surface area (Å²) in [4.78, 5) is 25.2. The lowest BCUT2D eigenvalue weighted by atomic mass is 9.79. The number of aromatic nitrogens is 4. The van der Waals surface area contributed by atoms with Crippen LogP contribution in [0.5, 0.6) is 5.75 Å². The molecule has 0 unspecified atom stereocenters. The van der Waals surface area contributed by atoms with Gasteiger partial charge < -0.3 is 10.2 Å². The summed E-state index contributed by atoms with van der Waals surface area (Å²) in [6, 6.07) is 29.9. The number of hydrogen-bond acceptors (Lipinski definition) is 5. The van der Waals surface area contributed by atoms with E-state index < -0.39 is 5.97 Å². The van der Waals surface area contributed by atoms with Crippen LogP contribution in [0.4, 0.5) is 0 Å². The van der Waals surface area contributed by atoms with Crippen molar-refractivity contribution in [2.45, 2.75) is 52.4 Å². The fourth-order valence-electron chi connectivity index (χ4n) is 5.68. The van der Waals surface area contributed by atoms with E-state index in [1.165, 1.54) is 6.20 Å². The van der Waals surface area contributed by atoms with Crippen molar-refractivity contribution in [3.05, 3.63) is 114 Å². The van der Waals surface area contributed by atoms with E-state index in [1.54, 1.807) is 6.07 Å².